The molecule has 1 aromatic rings. The van der Waals surface area contributed by atoms with Gasteiger partial charge in [0.2, 0.25) is 6.33 Å². The monoisotopic (exact) mass is 418 g/mol. The largest absolute Gasteiger partial charge is 0.756 e. The highest BCUT2D eigenvalue weighted by Crippen LogP contribution is 2.38. The molecule has 0 amide bonds. The minimum Gasteiger partial charge on any atom is -0.756 e. The normalized spacial score (nSPS) is 11.3. The molecule has 7 heteroatoms. The van der Waals surface area contributed by atoms with Crippen molar-refractivity contribution >= 4 is 7.82 Å². The van der Waals surface area contributed by atoms with Crippen molar-refractivity contribution in [2.75, 3.05) is 13.2 Å². The molecule has 0 aromatic carbocycles. The number of imidazole rings is 1. The van der Waals surface area contributed by atoms with Gasteiger partial charge in [0.25, 0.3) is 7.82 Å². The van der Waals surface area contributed by atoms with Crippen molar-refractivity contribution in [1.29, 1.82) is 0 Å². The number of nitrogens with zero attached hydrogens (tertiary/aromatic N) is 2. The summed E-state index contributed by atoms with van der Waals surface area (Å²) in [6.45, 7) is 11.1. The van der Waals surface area contributed by atoms with Crippen molar-refractivity contribution in [3.63, 3.8) is 0 Å². The third kappa shape index (κ3) is 16.3. The lowest BCUT2D eigenvalue weighted by atomic mass is 10.1. The maximum absolute atomic E-state index is 11.0. The average Bonchev–Trinajstić information content (AvgIpc) is 3.13. The zero-order chi connectivity index (χ0) is 21.1. The number of hydrogen-bond acceptors (Lipinski definition) is 4. The van der Waals surface area contributed by atoms with Crippen LogP contribution in [-0.4, -0.2) is 17.8 Å². The minimum atomic E-state index is -4.00. The summed E-state index contributed by atoms with van der Waals surface area (Å²) < 4.78 is 24.7. The number of hydrogen-bond donors (Lipinski definition) is 0. The van der Waals surface area contributed by atoms with Crippen LogP contribution in [-0.2, 0) is 26.7 Å². The van der Waals surface area contributed by atoms with E-state index in [1.165, 1.54) is 45.1 Å². The van der Waals surface area contributed by atoms with Gasteiger partial charge in [-0.15, -0.1) is 0 Å². The van der Waals surface area contributed by atoms with Crippen LogP contribution in [0.2, 0.25) is 0 Å². The van der Waals surface area contributed by atoms with Crippen LogP contribution in [0.1, 0.15) is 91.9 Å². The van der Waals surface area contributed by atoms with Gasteiger partial charge in [-0.05, 0) is 32.6 Å². The quantitative estimate of drug-likeness (QED) is 0.209. The van der Waals surface area contributed by atoms with Crippen molar-refractivity contribution < 1.29 is 23.1 Å². The third-order valence-corrected chi connectivity index (χ3v) is 5.37. The summed E-state index contributed by atoms with van der Waals surface area (Å²) in [7, 11) is -4.00. The molecule has 1 heterocycles. The van der Waals surface area contributed by atoms with Crippen molar-refractivity contribution in [2.45, 2.75) is 105 Å². The first-order valence-electron chi connectivity index (χ1n) is 11.1. The molecule has 0 fully saturated rings. The molecule has 0 aliphatic carbocycles. The van der Waals surface area contributed by atoms with Gasteiger partial charge in [0.1, 0.15) is 12.4 Å². The second-order valence-electron chi connectivity index (χ2n) is 7.07. The predicted molar refractivity (Wildman–Crippen MR) is 113 cm³/mol. The van der Waals surface area contributed by atoms with Gasteiger partial charge in [0, 0.05) is 0 Å². The van der Waals surface area contributed by atoms with Crippen LogP contribution in [0.4, 0.5) is 0 Å². The molecule has 0 aliphatic rings. The number of unbranched alkanes of at least 4 members (excludes halogenated alkanes) is 7. The lowest BCUT2D eigenvalue weighted by Crippen LogP contribution is -2.30. The maximum atomic E-state index is 11.0. The fourth-order valence-corrected chi connectivity index (χ4v) is 3.29. The van der Waals surface area contributed by atoms with E-state index in [4.69, 9.17) is 0 Å². The Bertz CT molecular complexity index is 494. The van der Waals surface area contributed by atoms with Gasteiger partial charge < -0.3 is 13.9 Å². The lowest BCUT2D eigenvalue weighted by Gasteiger charge is -2.22. The first-order chi connectivity index (χ1) is 13.5. The van der Waals surface area contributed by atoms with E-state index in [1.807, 2.05) is 13.8 Å². The number of aryl methyl sites for hydroxylation is 2. The van der Waals surface area contributed by atoms with Gasteiger partial charge in [-0.25, -0.2) is 9.13 Å². The van der Waals surface area contributed by atoms with Gasteiger partial charge in [0.15, 0.2) is 0 Å². The van der Waals surface area contributed by atoms with E-state index < -0.39 is 7.82 Å². The van der Waals surface area contributed by atoms with Crippen LogP contribution < -0.4 is 9.46 Å². The minimum absolute atomic E-state index is 0.226. The molecule has 0 saturated carbocycles. The Morgan fingerprint density at radius 2 is 1.39 bits per heavy atom. The van der Waals surface area contributed by atoms with Crippen molar-refractivity contribution in [2.24, 2.45) is 0 Å². The zero-order valence-corrected chi connectivity index (χ0v) is 19.5. The Kier molecular flexibility index (Phi) is 17.9. The lowest BCUT2D eigenvalue weighted by molar-refractivity contribution is -0.696. The van der Waals surface area contributed by atoms with Crippen molar-refractivity contribution in [1.82, 2.24) is 4.57 Å². The third-order valence-electron chi connectivity index (χ3n) is 4.38. The molecular weight excluding hydrogens is 375 g/mol. The maximum Gasteiger partial charge on any atom is 0.267 e. The van der Waals surface area contributed by atoms with Crippen molar-refractivity contribution in [3.05, 3.63) is 18.7 Å². The Labute approximate surface area is 172 Å². The topological polar surface area (TPSA) is 67.4 Å². The summed E-state index contributed by atoms with van der Waals surface area (Å²) in [4.78, 5) is 11.0. The molecule has 0 radical (unpaired) electrons. The summed E-state index contributed by atoms with van der Waals surface area (Å²) in [5, 5.41) is 0. The van der Waals surface area contributed by atoms with Gasteiger partial charge in [-0.3, -0.25) is 4.57 Å². The standard InChI is InChI=1S/C13H25N2.C8H19O4P/c1-3-5-6-7-8-9-10-15-12-11-14(4-2)13-15;1-3-5-7-11-13(9,10)12-8-6-4-2/h11-13H,3-10H2,1-2H3;3-8H2,1-2H3,(H,9,10)/q+1;/p-1. The Morgan fingerprint density at radius 3 is 1.89 bits per heavy atom. The van der Waals surface area contributed by atoms with Gasteiger partial charge >= 0.3 is 0 Å². The fraction of sp³-hybridized carbons (Fsp3) is 0.857. The average molecular weight is 419 g/mol. The highest BCUT2D eigenvalue weighted by Gasteiger charge is 2.07. The molecule has 1 rings (SSSR count). The van der Waals surface area contributed by atoms with E-state index >= 15 is 0 Å². The summed E-state index contributed by atoms with van der Waals surface area (Å²) in [6.07, 6.45) is 18.1. The summed E-state index contributed by atoms with van der Waals surface area (Å²) >= 11 is 0. The summed E-state index contributed by atoms with van der Waals surface area (Å²) in [5.74, 6) is 0. The van der Waals surface area contributed by atoms with Crippen molar-refractivity contribution in [3.8, 4) is 0 Å². The molecule has 0 saturated heterocycles. The molecule has 0 unspecified atom stereocenters. The summed E-state index contributed by atoms with van der Waals surface area (Å²) in [6, 6.07) is 0. The first kappa shape index (κ1) is 27.3. The van der Waals surface area contributed by atoms with Crippen LogP contribution >= 0.6 is 7.82 Å². The Hall–Kier alpha value is -0.680. The number of rotatable bonds is 16. The molecule has 6 nitrogen and oxygen atoms in total. The molecule has 166 valence electrons. The highest BCUT2D eigenvalue weighted by molar-refractivity contribution is 7.45. The first-order valence-corrected chi connectivity index (χ1v) is 12.6. The van der Waals surface area contributed by atoms with Gasteiger partial charge in [-0.2, -0.15) is 0 Å². The van der Waals surface area contributed by atoms with E-state index in [2.05, 4.69) is 50.8 Å². The predicted octanol–water partition coefficient (Wildman–Crippen LogP) is 5.24. The van der Waals surface area contributed by atoms with Crippen LogP contribution in [0, 0.1) is 0 Å². The molecule has 0 aliphatic heterocycles. The molecule has 0 N–H and O–H groups in total. The molecule has 28 heavy (non-hydrogen) atoms. The van der Waals surface area contributed by atoms with Crippen LogP contribution in [0.25, 0.3) is 0 Å². The number of aromatic nitrogens is 2. The number of phosphoric ester groups is 1. The van der Waals surface area contributed by atoms with E-state index in [1.54, 1.807) is 0 Å². The zero-order valence-electron chi connectivity index (χ0n) is 18.6. The Balaban J connectivity index is 0.000000528. The molecule has 0 atom stereocenters. The van der Waals surface area contributed by atoms with Crippen LogP contribution in [0.5, 0.6) is 0 Å². The van der Waals surface area contributed by atoms with Crippen LogP contribution in [0.15, 0.2) is 18.7 Å². The second kappa shape index (κ2) is 18.4. The smallest absolute Gasteiger partial charge is 0.267 e. The fourth-order valence-electron chi connectivity index (χ4n) is 2.51. The van der Waals surface area contributed by atoms with E-state index in [0.29, 0.717) is 0 Å². The van der Waals surface area contributed by atoms with Gasteiger partial charge in [-0.1, -0.05) is 59.3 Å². The second-order valence-corrected chi connectivity index (χ2v) is 8.48. The van der Waals surface area contributed by atoms with Crippen LogP contribution in [0.3, 0.4) is 0 Å². The highest BCUT2D eigenvalue weighted by atomic mass is 31.2. The molecule has 1 aromatic heterocycles. The number of phosphoric acid groups is 1. The molecule has 0 bridgehead atoms. The van der Waals surface area contributed by atoms with E-state index in [-0.39, 0.29) is 13.2 Å². The van der Waals surface area contributed by atoms with E-state index in [0.717, 1.165) is 32.2 Å². The van der Waals surface area contributed by atoms with E-state index in [9.17, 15) is 9.46 Å². The van der Waals surface area contributed by atoms with Gasteiger partial charge in [0.05, 0.1) is 26.3 Å². The SMILES string of the molecule is CCCCCCCC[n+]1ccn(CC)c1.CCCCOP(=O)([O-])OCCCC. The molecule has 0 spiro atoms. The summed E-state index contributed by atoms with van der Waals surface area (Å²) in [5.41, 5.74) is 0. The molecular formula is C21H43N2O4P. The Morgan fingerprint density at radius 1 is 0.857 bits per heavy atom.